The maximum absolute atomic E-state index is 5.40. The SMILES string of the molecule is C#CCCC(CCc1ccco1)NN. The third kappa shape index (κ3) is 3.65. The summed E-state index contributed by atoms with van der Waals surface area (Å²) in [7, 11) is 0. The van der Waals surface area contributed by atoms with E-state index in [9.17, 15) is 0 Å². The Morgan fingerprint density at radius 3 is 3.00 bits per heavy atom. The lowest BCUT2D eigenvalue weighted by atomic mass is 10.1. The Morgan fingerprint density at radius 2 is 2.43 bits per heavy atom. The van der Waals surface area contributed by atoms with E-state index < -0.39 is 0 Å². The lowest BCUT2D eigenvalue weighted by molar-refractivity contribution is 0.435. The van der Waals surface area contributed by atoms with Gasteiger partial charge >= 0.3 is 0 Å². The summed E-state index contributed by atoms with van der Waals surface area (Å²) < 4.78 is 5.22. The summed E-state index contributed by atoms with van der Waals surface area (Å²) in [6.07, 6.45) is 10.4. The van der Waals surface area contributed by atoms with Gasteiger partial charge in [0.25, 0.3) is 0 Å². The van der Waals surface area contributed by atoms with E-state index in [-0.39, 0.29) is 6.04 Å². The molecule has 0 fully saturated rings. The summed E-state index contributed by atoms with van der Waals surface area (Å²) in [5.41, 5.74) is 2.76. The number of nitrogens with two attached hydrogens (primary N) is 1. The zero-order valence-corrected chi connectivity index (χ0v) is 8.20. The van der Waals surface area contributed by atoms with Gasteiger partial charge in [-0.3, -0.25) is 11.3 Å². The van der Waals surface area contributed by atoms with Crippen molar-refractivity contribution in [2.75, 3.05) is 0 Å². The highest BCUT2D eigenvalue weighted by molar-refractivity contribution is 4.98. The highest BCUT2D eigenvalue weighted by atomic mass is 16.3. The van der Waals surface area contributed by atoms with Crippen LogP contribution in [-0.2, 0) is 6.42 Å². The third-order valence-corrected chi connectivity index (χ3v) is 2.19. The minimum absolute atomic E-state index is 0.274. The number of rotatable bonds is 6. The molecule has 3 nitrogen and oxygen atoms in total. The second kappa shape index (κ2) is 6.25. The molecule has 1 aromatic rings. The molecule has 0 aliphatic heterocycles. The summed E-state index contributed by atoms with van der Waals surface area (Å²) in [6, 6.07) is 4.13. The first-order valence-corrected chi connectivity index (χ1v) is 4.78. The molecule has 1 rings (SSSR count). The Labute approximate surface area is 84.6 Å². The Bertz CT molecular complexity index is 274. The van der Waals surface area contributed by atoms with E-state index in [4.69, 9.17) is 16.7 Å². The molecule has 0 aliphatic rings. The number of hydrogen-bond donors (Lipinski definition) is 2. The number of hydrazine groups is 1. The standard InChI is InChI=1S/C11H16N2O/c1-2-3-5-10(13-12)7-8-11-6-4-9-14-11/h1,4,6,9-10,13H,3,5,7-8,12H2. The van der Waals surface area contributed by atoms with Gasteiger partial charge in [-0.15, -0.1) is 12.3 Å². The Balaban J connectivity index is 2.24. The molecule has 76 valence electrons. The van der Waals surface area contributed by atoms with Crippen molar-refractivity contribution >= 4 is 0 Å². The lowest BCUT2D eigenvalue weighted by Crippen LogP contribution is -2.35. The second-order valence-corrected chi connectivity index (χ2v) is 3.22. The molecule has 0 radical (unpaired) electrons. The Hall–Kier alpha value is -1.24. The van der Waals surface area contributed by atoms with Gasteiger partial charge in [0, 0.05) is 18.9 Å². The molecule has 0 spiro atoms. The maximum atomic E-state index is 5.40. The summed E-state index contributed by atoms with van der Waals surface area (Å²) in [6.45, 7) is 0. The molecular weight excluding hydrogens is 176 g/mol. The predicted molar refractivity (Wildman–Crippen MR) is 56.2 cm³/mol. The van der Waals surface area contributed by atoms with Crippen molar-refractivity contribution in [1.29, 1.82) is 0 Å². The predicted octanol–water partition coefficient (Wildman–Crippen LogP) is 1.46. The quantitative estimate of drug-likeness (QED) is 0.407. The van der Waals surface area contributed by atoms with Crippen LogP contribution in [0.5, 0.6) is 0 Å². The molecule has 1 atom stereocenters. The van der Waals surface area contributed by atoms with Crippen LogP contribution in [-0.4, -0.2) is 6.04 Å². The van der Waals surface area contributed by atoms with Crippen molar-refractivity contribution in [3.8, 4) is 12.3 Å². The van der Waals surface area contributed by atoms with Crippen molar-refractivity contribution in [3.05, 3.63) is 24.2 Å². The lowest BCUT2D eigenvalue weighted by Gasteiger charge is -2.12. The fraction of sp³-hybridized carbons (Fsp3) is 0.455. The molecule has 0 saturated carbocycles. The van der Waals surface area contributed by atoms with Crippen molar-refractivity contribution in [2.24, 2.45) is 5.84 Å². The van der Waals surface area contributed by atoms with E-state index in [0.29, 0.717) is 0 Å². The van der Waals surface area contributed by atoms with E-state index in [1.165, 1.54) is 0 Å². The number of nitrogens with one attached hydrogen (secondary N) is 1. The molecule has 0 saturated heterocycles. The Morgan fingerprint density at radius 1 is 1.57 bits per heavy atom. The maximum Gasteiger partial charge on any atom is 0.103 e. The van der Waals surface area contributed by atoms with E-state index in [1.807, 2.05) is 12.1 Å². The first-order valence-electron chi connectivity index (χ1n) is 4.78. The van der Waals surface area contributed by atoms with Gasteiger partial charge in [-0.25, -0.2) is 0 Å². The van der Waals surface area contributed by atoms with Crippen LogP contribution in [0.25, 0.3) is 0 Å². The molecule has 0 aliphatic carbocycles. The van der Waals surface area contributed by atoms with Crippen LogP contribution in [0.1, 0.15) is 25.0 Å². The van der Waals surface area contributed by atoms with Crippen molar-refractivity contribution in [2.45, 2.75) is 31.7 Å². The topological polar surface area (TPSA) is 51.2 Å². The van der Waals surface area contributed by atoms with Crippen LogP contribution in [0.3, 0.4) is 0 Å². The molecule has 14 heavy (non-hydrogen) atoms. The summed E-state index contributed by atoms with van der Waals surface area (Å²) in [5, 5.41) is 0. The van der Waals surface area contributed by atoms with E-state index >= 15 is 0 Å². The zero-order valence-electron chi connectivity index (χ0n) is 8.20. The first-order chi connectivity index (χ1) is 6.86. The Kier molecular flexibility index (Phi) is 4.84. The highest BCUT2D eigenvalue weighted by Gasteiger charge is 2.06. The van der Waals surface area contributed by atoms with E-state index in [1.54, 1.807) is 6.26 Å². The van der Waals surface area contributed by atoms with Crippen LogP contribution in [0.15, 0.2) is 22.8 Å². The average Bonchev–Trinajstić information content (AvgIpc) is 2.71. The number of terminal acetylenes is 1. The van der Waals surface area contributed by atoms with Crippen LogP contribution in [0.4, 0.5) is 0 Å². The van der Waals surface area contributed by atoms with Crippen molar-refractivity contribution in [3.63, 3.8) is 0 Å². The van der Waals surface area contributed by atoms with Crippen LogP contribution < -0.4 is 11.3 Å². The zero-order chi connectivity index (χ0) is 10.2. The fourth-order valence-corrected chi connectivity index (χ4v) is 1.34. The number of furan rings is 1. The van der Waals surface area contributed by atoms with Crippen LogP contribution >= 0.6 is 0 Å². The van der Waals surface area contributed by atoms with Gasteiger partial charge in [-0.2, -0.15) is 0 Å². The largest absolute Gasteiger partial charge is 0.469 e. The molecule has 1 heterocycles. The van der Waals surface area contributed by atoms with Crippen LogP contribution in [0, 0.1) is 12.3 Å². The van der Waals surface area contributed by atoms with Crippen LogP contribution in [0.2, 0.25) is 0 Å². The highest BCUT2D eigenvalue weighted by Crippen LogP contribution is 2.08. The summed E-state index contributed by atoms with van der Waals surface area (Å²) >= 11 is 0. The van der Waals surface area contributed by atoms with Gasteiger partial charge in [0.15, 0.2) is 0 Å². The van der Waals surface area contributed by atoms with Crippen molar-refractivity contribution in [1.82, 2.24) is 5.43 Å². The van der Waals surface area contributed by atoms with Gasteiger partial charge in [0.05, 0.1) is 6.26 Å². The average molecular weight is 192 g/mol. The normalized spacial score (nSPS) is 12.3. The van der Waals surface area contributed by atoms with Crippen molar-refractivity contribution < 1.29 is 4.42 Å². The second-order valence-electron chi connectivity index (χ2n) is 3.22. The van der Waals surface area contributed by atoms with Gasteiger partial charge in [0.2, 0.25) is 0 Å². The molecule has 0 amide bonds. The summed E-state index contributed by atoms with van der Waals surface area (Å²) in [4.78, 5) is 0. The molecule has 0 aromatic carbocycles. The van der Waals surface area contributed by atoms with Gasteiger partial charge in [0.1, 0.15) is 5.76 Å². The fourth-order valence-electron chi connectivity index (χ4n) is 1.34. The monoisotopic (exact) mass is 192 g/mol. The summed E-state index contributed by atoms with van der Waals surface area (Å²) in [5.74, 6) is 9.00. The van der Waals surface area contributed by atoms with Gasteiger partial charge in [-0.1, -0.05) is 0 Å². The minimum Gasteiger partial charge on any atom is -0.469 e. The number of hydrogen-bond acceptors (Lipinski definition) is 3. The minimum atomic E-state index is 0.274. The van der Waals surface area contributed by atoms with E-state index in [2.05, 4.69) is 11.3 Å². The smallest absolute Gasteiger partial charge is 0.103 e. The van der Waals surface area contributed by atoms with Gasteiger partial charge < -0.3 is 4.42 Å². The first kappa shape index (κ1) is 10.8. The molecule has 0 bridgehead atoms. The molecular formula is C11H16N2O. The molecule has 3 N–H and O–H groups in total. The van der Waals surface area contributed by atoms with Gasteiger partial charge in [-0.05, 0) is 25.0 Å². The molecule has 1 aromatic heterocycles. The van der Waals surface area contributed by atoms with E-state index in [0.717, 1.165) is 31.4 Å². The molecule has 3 heteroatoms. The third-order valence-electron chi connectivity index (χ3n) is 2.19. The molecule has 1 unspecified atom stereocenters. The number of aryl methyl sites for hydroxylation is 1.